The molecule has 0 saturated heterocycles. The zero-order chi connectivity index (χ0) is 20.1. The maximum Gasteiger partial charge on any atom is 0.418 e. The van der Waals surface area contributed by atoms with Crippen molar-refractivity contribution >= 4 is 17.5 Å². The molecule has 0 bridgehead atoms. The SMILES string of the molecule is O=C(OCCC1CCCc2c(O)cccc21)N(c1ccccc1)c1ccccc1. The van der Waals surface area contributed by atoms with Crippen LogP contribution >= 0.6 is 0 Å². The van der Waals surface area contributed by atoms with Gasteiger partial charge in [-0.05, 0) is 73.1 Å². The topological polar surface area (TPSA) is 49.8 Å². The molecular weight excluding hydrogens is 362 g/mol. The number of anilines is 2. The van der Waals surface area contributed by atoms with Crippen LogP contribution in [0.25, 0.3) is 0 Å². The minimum Gasteiger partial charge on any atom is -0.508 e. The van der Waals surface area contributed by atoms with Crippen LogP contribution in [0.4, 0.5) is 16.2 Å². The molecule has 0 aromatic heterocycles. The maximum absolute atomic E-state index is 12.9. The van der Waals surface area contributed by atoms with Crippen LogP contribution in [0.3, 0.4) is 0 Å². The number of para-hydroxylation sites is 2. The molecule has 0 saturated carbocycles. The molecule has 3 aromatic carbocycles. The summed E-state index contributed by atoms with van der Waals surface area (Å²) in [6.45, 7) is 0.342. The lowest BCUT2D eigenvalue weighted by Gasteiger charge is -2.27. The molecule has 0 heterocycles. The lowest BCUT2D eigenvalue weighted by molar-refractivity contribution is 0.151. The summed E-state index contributed by atoms with van der Waals surface area (Å²) in [4.78, 5) is 14.5. The number of rotatable bonds is 5. The van der Waals surface area contributed by atoms with Crippen molar-refractivity contribution < 1.29 is 14.6 Å². The first kappa shape index (κ1) is 19.1. The molecule has 0 spiro atoms. The summed E-state index contributed by atoms with van der Waals surface area (Å²) in [7, 11) is 0. The smallest absolute Gasteiger partial charge is 0.418 e. The van der Waals surface area contributed by atoms with Crippen molar-refractivity contribution in [2.24, 2.45) is 0 Å². The second-order valence-electron chi connectivity index (χ2n) is 7.34. The number of carbonyl (C=O) groups excluding carboxylic acids is 1. The summed E-state index contributed by atoms with van der Waals surface area (Å²) in [6.07, 6.45) is 3.38. The monoisotopic (exact) mass is 387 g/mol. The van der Waals surface area contributed by atoms with E-state index in [4.69, 9.17) is 4.74 Å². The van der Waals surface area contributed by atoms with Crippen LogP contribution in [0.15, 0.2) is 78.9 Å². The van der Waals surface area contributed by atoms with Crippen molar-refractivity contribution in [2.75, 3.05) is 11.5 Å². The Bertz CT molecular complexity index is 917. The standard InChI is InChI=1S/C25H25NO3/c27-24-16-8-14-22-19(9-7-15-23(22)24)17-18-29-25(28)26(20-10-3-1-4-11-20)21-12-5-2-6-13-21/h1-6,8,10-14,16,19,27H,7,9,15,17-18H2. The summed E-state index contributed by atoms with van der Waals surface area (Å²) >= 11 is 0. The number of carbonyl (C=O) groups is 1. The van der Waals surface area contributed by atoms with Gasteiger partial charge in [0.2, 0.25) is 0 Å². The van der Waals surface area contributed by atoms with Gasteiger partial charge in [0.05, 0.1) is 18.0 Å². The molecule has 148 valence electrons. The summed E-state index contributed by atoms with van der Waals surface area (Å²) in [6, 6.07) is 24.8. The Morgan fingerprint density at radius 1 is 0.931 bits per heavy atom. The quantitative estimate of drug-likeness (QED) is 0.569. The van der Waals surface area contributed by atoms with Crippen LogP contribution in [-0.2, 0) is 11.2 Å². The minimum atomic E-state index is -0.380. The molecule has 3 aromatic rings. The Hall–Kier alpha value is -3.27. The molecule has 1 N–H and O–H groups in total. The van der Waals surface area contributed by atoms with Crippen molar-refractivity contribution in [3.05, 3.63) is 90.0 Å². The van der Waals surface area contributed by atoms with E-state index in [2.05, 4.69) is 6.07 Å². The molecule has 4 rings (SSSR count). The molecule has 0 radical (unpaired) electrons. The predicted octanol–water partition coefficient (Wildman–Crippen LogP) is 6.18. The van der Waals surface area contributed by atoms with Crippen molar-refractivity contribution in [3.63, 3.8) is 0 Å². The fraction of sp³-hybridized carbons (Fsp3) is 0.240. The Labute approximate surface area is 171 Å². The molecule has 1 aliphatic carbocycles. The van der Waals surface area contributed by atoms with Gasteiger partial charge in [-0.15, -0.1) is 0 Å². The third-order valence-corrected chi connectivity index (χ3v) is 5.51. The highest BCUT2D eigenvalue weighted by molar-refractivity contribution is 5.95. The van der Waals surface area contributed by atoms with Crippen molar-refractivity contribution in [1.29, 1.82) is 0 Å². The molecule has 0 aliphatic heterocycles. The third-order valence-electron chi connectivity index (χ3n) is 5.51. The van der Waals surface area contributed by atoms with Crippen molar-refractivity contribution in [1.82, 2.24) is 0 Å². The lowest BCUT2D eigenvalue weighted by Crippen LogP contribution is -2.27. The van der Waals surface area contributed by atoms with Gasteiger partial charge in [0.25, 0.3) is 0 Å². The highest BCUT2D eigenvalue weighted by Gasteiger charge is 2.24. The Morgan fingerprint density at radius 2 is 1.59 bits per heavy atom. The fourth-order valence-electron chi connectivity index (χ4n) is 4.09. The van der Waals surface area contributed by atoms with Crippen LogP contribution < -0.4 is 4.90 Å². The second-order valence-corrected chi connectivity index (χ2v) is 7.34. The lowest BCUT2D eigenvalue weighted by atomic mass is 9.81. The first-order valence-corrected chi connectivity index (χ1v) is 10.1. The molecule has 1 aliphatic rings. The molecular formula is C25H25NO3. The van der Waals surface area contributed by atoms with Crippen LogP contribution in [0.2, 0.25) is 0 Å². The summed E-state index contributed by atoms with van der Waals surface area (Å²) in [5.74, 6) is 0.684. The van der Waals surface area contributed by atoms with Crippen molar-refractivity contribution in [2.45, 2.75) is 31.6 Å². The van der Waals surface area contributed by atoms with E-state index in [1.165, 1.54) is 5.56 Å². The van der Waals surface area contributed by atoms with Crippen LogP contribution in [-0.4, -0.2) is 17.8 Å². The summed E-state index contributed by atoms with van der Waals surface area (Å²) in [5.41, 5.74) is 3.79. The Morgan fingerprint density at radius 3 is 2.24 bits per heavy atom. The van der Waals surface area contributed by atoms with Crippen LogP contribution in [0.1, 0.15) is 36.3 Å². The van der Waals surface area contributed by atoms with Gasteiger partial charge < -0.3 is 9.84 Å². The number of hydrogen-bond acceptors (Lipinski definition) is 3. The molecule has 4 heteroatoms. The van der Waals surface area contributed by atoms with Gasteiger partial charge in [0.1, 0.15) is 5.75 Å². The van der Waals surface area contributed by atoms with Crippen molar-refractivity contribution in [3.8, 4) is 5.75 Å². The van der Waals surface area contributed by atoms with E-state index < -0.39 is 0 Å². The number of ether oxygens (including phenoxy) is 1. The normalized spacial score (nSPS) is 15.4. The zero-order valence-corrected chi connectivity index (χ0v) is 16.3. The summed E-state index contributed by atoms with van der Waals surface area (Å²) < 4.78 is 5.69. The average Bonchev–Trinajstić information content (AvgIpc) is 2.76. The first-order valence-electron chi connectivity index (χ1n) is 10.1. The molecule has 4 nitrogen and oxygen atoms in total. The van der Waals surface area contributed by atoms with E-state index in [-0.39, 0.29) is 6.09 Å². The number of nitrogens with zero attached hydrogens (tertiary/aromatic N) is 1. The number of aromatic hydroxyl groups is 1. The van der Waals surface area contributed by atoms with E-state index in [0.717, 1.165) is 42.6 Å². The minimum absolute atomic E-state index is 0.306. The van der Waals surface area contributed by atoms with Gasteiger partial charge in [-0.3, -0.25) is 0 Å². The van der Waals surface area contributed by atoms with Gasteiger partial charge in [0, 0.05) is 0 Å². The number of benzene rings is 3. The molecule has 0 fully saturated rings. The second kappa shape index (κ2) is 8.82. The summed E-state index contributed by atoms with van der Waals surface area (Å²) in [5, 5.41) is 10.1. The molecule has 1 amide bonds. The Kier molecular flexibility index (Phi) is 5.80. The highest BCUT2D eigenvalue weighted by Crippen LogP contribution is 2.38. The van der Waals surface area contributed by atoms with E-state index in [1.807, 2.05) is 66.7 Å². The van der Waals surface area contributed by atoms with Gasteiger partial charge in [-0.25, -0.2) is 9.69 Å². The molecule has 1 unspecified atom stereocenters. The largest absolute Gasteiger partial charge is 0.508 e. The average molecular weight is 387 g/mol. The fourth-order valence-corrected chi connectivity index (χ4v) is 4.09. The Balaban J connectivity index is 1.45. The predicted molar refractivity (Wildman–Crippen MR) is 115 cm³/mol. The number of hydrogen-bond donors (Lipinski definition) is 1. The van der Waals surface area contributed by atoms with Gasteiger partial charge in [0.15, 0.2) is 0 Å². The molecule has 1 atom stereocenters. The first-order chi connectivity index (χ1) is 14.2. The van der Waals surface area contributed by atoms with Gasteiger partial charge in [-0.1, -0.05) is 48.5 Å². The molecule has 29 heavy (non-hydrogen) atoms. The number of phenols is 1. The number of fused-ring (bicyclic) bond motifs is 1. The third kappa shape index (κ3) is 4.27. The van der Waals surface area contributed by atoms with Gasteiger partial charge >= 0.3 is 6.09 Å². The van der Waals surface area contributed by atoms with Gasteiger partial charge in [-0.2, -0.15) is 0 Å². The van der Waals surface area contributed by atoms with E-state index in [1.54, 1.807) is 11.0 Å². The van der Waals surface area contributed by atoms with Crippen LogP contribution in [0, 0.1) is 0 Å². The maximum atomic E-state index is 12.9. The van der Waals surface area contributed by atoms with Crippen LogP contribution in [0.5, 0.6) is 5.75 Å². The van der Waals surface area contributed by atoms with E-state index in [9.17, 15) is 9.90 Å². The van der Waals surface area contributed by atoms with E-state index >= 15 is 0 Å². The number of phenolic OH excluding ortho intramolecular Hbond substituents is 1. The number of amides is 1. The van der Waals surface area contributed by atoms with E-state index in [0.29, 0.717) is 18.3 Å². The zero-order valence-electron chi connectivity index (χ0n) is 16.3. The highest BCUT2D eigenvalue weighted by atomic mass is 16.6.